The minimum absolute atomic E-state index is 0.110. The Kier molecular flexibility index (Phi) is 7.58. The fourth-order valence-electron chi connectivity index (χ4n) is 4.24. The highest BCUT2D eigenvalue weighted by Gasteiger charge is 2.27. The first kappa shape index (κ1) is 23.6. The lowest BCUT2D eigenvalue weighted by Crippen LogP contribution is -2.25. The van der Waals surface area contributed by atoms with Crippen LogP contribution in [0.5, 0.6) is 0 Å². The standard InChI is InChI=1S/C27H30O5S/c1-20-10-12-21(13-11-20)22-14-15-25(23(17-22)18-32-27-9-5-6-16-31-27)26(28)19-33(29,30)24-7-3-2-4-8-24/h2-4,7-8,10-15,22,27H,5-6,9,16-19H2,1H3/t22-,27?/m0/s1. The molecule has 1 fully saturated rings. The number of hydrogen-bond acceptors (Lipinski definition) is 5. The number of rotatable bonds is 8. The molecule has 174 valence electrons. The van der Waals surface area contributed by atoms with Crippen LogP contribution in [0.2, 0.25) is 0 Å². The summed E-state index contributed by atoms with van der Waals surface area (Å²) in [4.78, 5) is 13.3. The van der Waals surface area contributed by atoms with Gasteiger partial charge >= 0.3 is 0 Å². The lowest BCUT2D eigenvalue weighted by molar-refractivity contribution is -0.157. The minimum atomic E-state index is -3.72. The van der Waals surface area contributed by atoms with Gasteiger partial charge in [-0.2, -0.15) is 0 Å². The second-order valence-corrected chi connectivity index (χ2v) is 10.7. The van der Waals surface area contributed by atoms with Gasteiger partial charge in [-0.25, -0.2) is 8.42 Å². The number of ketones is 1. The van der Waals surface area contributed by atoms with E-state index in [1.807, 2.05) is 13.0 Å². The van der Waals surface area contributed by atoms with Gasteiger partial charge in [0.15, 0.2) is 21.9 Å². The van der Waals surface area contributed by atoms with Crippen molar-refractivity contribution in [2.45, 2.75) is 49.7 Å². The van der Waals surface area contributed by atoms with Gasteiger partial charge in [-0.1, -0.05) is 60.2 Å². The minimum Gasteiger partial charge on any atom is -0.353 e. The van der Waals surface area contributed by atoms with Gasteiger partial charge in [0.2, 0.25) is 0 Å². The Morgan fingerprint density at radius 2 is 1.82 bits per heavy atom. The van der Waals surface area contributed by atoms with E-state index < -0.39 is 21.4 Å². The van der Waals surface area contributed by atoms with Crippen LogP contribution in [-0.2, 0) is 24.1 Å². The van der Waals surface area contributed by atoms with Gasteiger partial charge in [0.05, 0.1) is 11.5 Å². The van der Waals surface area contributed by atoms with Crippen LogP contribution in [-0.4, -0.2) is 39.5 Å². The average molecular weight is 467 g/mol. The van der Waals surface area contributed by atoms with E-state index in [1.54, 1.807) is 24.3 Å². The molecule has 2 aromatic carbocycles. The zero-order valence-corrected chi connectivity index (χ0v) is 19.7. The normalized spacial score (nSPS) is 21.2. The number of hydrogen-bond donors (Lipinski definition) is 0. The maximum Gasteiger partial charge on any atom is 0.185 e. The van der Waals surface area contributed by atoms with E-state index >= 15 is 0 Å². The highest BCUT2D eigenvalue weighted by molar-refractivity contribution is 7.92. The van der Waals surface area contributed by atoms with Crippen LogP contribution >= 0.6 is 0 Å². The summed E-state index contributed by atoms with van der Waals surface area (Å²) in [5.74, 6) is -0.852. The van der Waals surface area contributed by atoms with E-state index in [0.717, 1.165) is 30.4 Å². The maximum atomic E-state index is 13.2. The molecule has 33 heavy (non-hydrogen) atoms. The number of ether oxygens (including phenoxy) is 2. The molecule has 0 bridgehead atoms. The number of allylic oxidation sites excluding steroid dienone is 3. The number of sulfone groups is 1. The lowest BCUT2D eigenvalue weighted by Gasteiger charge is -2.26. The van der Waals surface area contributed by atoms with Crippen molar-refractivity contribution in [2.75, 3.05) is 19.0 Å². The van der Waals surface area contributed by atoms with Crippen LogP contribution in [0, 0.1) is 6.92 Å². The first-order valence-electron chi connectivity index (χ1n) is 11.4. The van der Waals surface area contributed by atoms with Crippen molar-refractivity contribution >= 4 is 15.6 Å². The second-order valence-electron chi connectivity index (χ2n) is 8.70. The molecule has 0 radical (unpaired) electrons. The molecular weight excluding hydrogens is 436 g/mol. The van der Waals surface area contributed by atoms with Gasteiger partial charge in [-0.3, -0.25) is 4.79 Å². The van der Waals surface area contributed by atoms with Crippen LogP contribution in [0.4, 0.5) is 0 Å². The molecule has 0 aromatic heterocycles. The lowest BCUT2D eigenvalue weighted by atomic mass is 9.84. The molecule has 5 nitrogen and oxygen atoms in total. The summed E-state index contributed by atoms with van der Waals surface area (Å²) in [6.07, 6.45) is 7.01. The molecule has 6 heteroatoms. The summed E-state index contributed by atoms with van der Waals surface area (Å²) >= 11 is 0. The summed E-state index contributed by atoms with van der Waals surface area (Å²) in [5, 5.41) is 0. The maximum absolute atomic E-state index is 13.2. The van der Waals surface area contributed by atoms with Gasteiger partial charge in [0.25, 0.3) is 0 Å². The molecule has 0 spiro atoms. The molecule has 1 aliphatic heterocycles. The summed E-state index contributed by atoms with van der Waals surface area (Å²) < 4.78 is 37.3. The molecule has 0 saturated carbocycles. The van der Waals surface area contributed by atoms with Crippen molar-refractivity contribution in [2.24, 2.45) is 0 Å². The monoisotopic (exact) mass is 466 g/mol. The SMILES string of the molecule is Cc1ccc([C@H]2C=CC(C(=O)CS(=O)(=O)c3ccccc3)=C(COC3CCCCO3)C2)cc1. The predicted molar refractivity (Wildman–Crippen MR) is 128 cm³/mol. The van der Waals surface area contributed by atoms with Crippen molar-refractivity contribution in [3.8, 4) is 0 Å². The quantitative estimate of drug-likeness (QED) is 0.552. The molecule has 2 atom stereocenters. The zero-order valence-electron chi connectivity index (χ0n) is 18.9. The fraction of sp³-hybridized carbons (Fsp3) is 0.370. The first-order chi connectivity index (χ1) is 15.9. The molecular formula is C27H30O5S. The third-order valence-corrected chi connectivity index (χ3v) is 7.79. The topological polar surface area (TPSA) is 69.7 Å². The number of carbonyl (C=O) groups excluding carboxylic acids is 1. The Hall–Kier alpha value is -2.54. The number of Topliss-reactive ketones (excluding diaryl/α,β-unsaturated/α-hetero) is 1. The van der Waals surface area contributed by atoms with Crippen molar-refractivity contribution < 1.29 is 22.7 Å². The largest absolute Gasteiger partial charge is 0.353 e. The molecule has 1 heterocycles. The van der Waals surface area contributed by atoms with Gasteiger partial charge in [0.1, 0.15) is 5.75 Å². The Balaban J connectivity index is 1.55. The number of benzene rings is 2. The van der Waals surface area contributed by atoms with Crippen molar-refractivity contribution in [1.29, 1.82) is 0 Å². The van der Waals surface area contributed by atoms with E-state index in [2.05, 4.69) is 24.3 Å². The highest BCUT2D eigenvalue weighted by atomic mass is 32.2. The second kappa shape index (κ2) is 10.6. The highest BCUT2D eigenvalue weighted by Crippen LogP contribution is 2.33. The Labute approximate surface area is 196 Å². The molecule has 2 aliphatic rings. The zero-order chi connectivity index (χ0) is 23.3. The number of carbonyl (C=O) groups is 1. The molecule has 2 aromatic rings. The van der Waals surface area contributed by atoms with Crippen molar-refractivity contribution in [3.63, 3.8) is 0 Å². The van der Waals surface area contributed by atoms with Crippen LogP contribution in [0.15, 0.2) is 82.8 Å². The van der Waals surface area contributed by atoms with Gasteiger partial charge in [0, 0.05) is 18.1 Å². The van der Waals surface area contributed by atoms with Gasteiger partial charge < -0.3 is 9.47 Å². The smallest absolute Gasteiger partial charge is 0.185 e. The molecule has 1 saturated heterocycles. The molecule has 0 N–H and O–H groups in total. The van der Waals surface area contributed by atoms with E-state index in [9.17, 15) is 13.2 Å². The van der Waals surface area contributed by atoms with E-state index in [1.165, 1.54) is 17.7 Å². The molecule has 4 rings (SSSR count). The fourth-order valence-corrected chi connectivity index (χ4v) is 5.48. The van der Waals surface area contributed by atoms with Crippen LogP contribution in [0.1, 0.15) is 42.7 Å². The van der Waals surface area contributed by atoms with E-state index in [-0.39, 0.29) is 23.7 Å². The number of aryl methyl sites for hydroxylation is 1. The van der Waals surface area contributed by atoms with E-state index in [4.69, 9.17) is 9.47 Å². The summed E-state index contributed by atoms with van der Waals surface area (Å²) in [5.41, 5.74) is 3.61. The third-order valence-electron chi connectivity index (χ3n) is 6.15. The van der Waals surface area contributed by atoms with Crippen molar-refractivity contribution in [1.82, 2.24) is 0 Å². The molecule has 0 amide bonds. The van der Waals surface area contributed by atoms with Crippen LogP contribution in [0.25, 0.3) is 0 Å². The first-order valence-corrected chi connectivity index (χ1v) is 13.1. The summed E-state index contributed by atoms with van der Waals surface area (Å²) in [6, 6.07) is 16.5. The average Bonchev–Trinajstić information content (AvgIpc) is 2.84. The van der Waals surface area contributed by atoms with Crippen molar-refractivity contribution in [3.05, 3.63) is 89.0 Å². The predicted octanol–water partition coefficient (Wildman–Crippen LogP) is 4.92. The molecule has 1 unspecified atom stereocenters. The summed E-state index contributed by atoms with van der Waals surface area (Å²) in [7, 11) is -3.72. The molecule has 1 aliphatic carbocycles. The van der Waals surface area contributed by atoms with Crippen LogP contribution < -0.4 is 0 Å². The Morgan fingerprint density at radius 1 is 1.06 bits per heavy atom. The Morgan fingerprint density at radius 3 is 2.52 bits per heavy atom. The van der Waals surface area contributed by atoms with Gasteiger partial charge in [-0.15, -0.1) is 0 Å². The third kappa shape index (κ3) is 6.08. The summed E-state index contributed by atoms with van der Waals surface area (Å²) in [6.45, 7) is 2.98. The van der Waals surface area contributed by atoms with Crippen LogP contribution in [0.3, 0.4) is 0 Å². The van der Waals surface area contributed by atoms with E-state index in [0.29, 0.717) is 18.6 Å². The Bertz CT molecular complexity index is 1120. The van der Waals surface area contributed by atoms with Gasteiger partial charge in [-0.05, 0) is 55.9 Å².